The maximum Gasteiger partial charge on any atom is 0.413 e. The number of carbonyl (C=O) groups is 4. The van der Waals surface area contributed by atoms with E-state index >= 15 is 0 Å². The molecule has 1 atom stereocenters. The molecule has 0 radical (unpaired) electrons. The van der Waals surface area contributed by atoms with Crippen LogP contribution in [0.4, 0.5) is 15.4 Å². The van der Waals surface area contributed by atoms with Crippen molar-refractivity contribution in [1.82, 2.24) is 24.5 Å². The molecular formula is C34H44N8O10S. The fraction of sp³-hybridized carbons (Fsp3) is 0.382. The van der Waals surface area contributed by atoms with Crippen molar-refractivity contribution >= 4 is 45.9 Å². The minimum atomic E-state index is -4.01. The summed E-state index contributed by atoms with van der Waals surface area (Å²) in [5, 5.41) is 14.9. The Morgan fingerprint density at radius 2 is 1.72 bits per heavy atom. The number of carbonyl (C=O) groups excluding carboxylic acids is 3. The predicted molar refractivity (Wildman–Crippen MR) is 193 cm³/mol. The average molecular weight is 757 g/mol. The quantitative estimate of drug-likeness (QED) is 0.0801. The smallest absolute Gasteiger partial charge is 0.413 e. The van der Waals surface area contributed by atoms with Crippen molar-refractivity contribution in [3.8, 4) is 0 Å². The summed E-state index contributed by atoms with van der Waals surface area (Å²) in [5.74, 6) is -2.74. The fourth-order valence-electron chi connectivity index (χ4n) is 4.61. The van der Waals surface area contributed by atoms with Crippen LogP contribution < -0.4 is 26.8 Å². The molecule has 0 unspecified atom stereocenters. The molecule has 3 aromatic rings. The van der Waals surface area contributed by atoms with Gasteiger partial charge in [0, 0.05) is 25.8 Å². The van der Waals surface area contributed by atoms with Gasteiger partial charge in [-0.1, -0.05) is 48.0 Å². The maximum atomic E-state index is 13.6. The number of hydrogen-bond acceptors (Lipinski definition) is 11. The molecule has 2 aromatic carbocycles. The number of nitrogens with two attached hydrogens (primary N) is 1. The molecular weight excluding hydrogens is 712 g/mol. The van der Waals surface area contributed by atoms with Crippen LogP contribution in [-0.4, -0.2) is 89.3 Å². The molecule has 3 rings (SSSR count). The van der Waals surface area contributed by atoms with Crippen LogP contribution >= 0.6 is 0 Å². The van der Waals surface area contributed by atoms with Gasteiger partial charge in [0.25, 0.3) is 10.0 Å². The van der Waals surface area contributed by atoms with E-state index in [9.17, 15) is 37.5 Å². The number of aliphatic carboxylic acids is 1. The van der Waals surface area contributed by atoms with Gasteiger partial charge in [-0.25, -0.2) is 32.3 Å². The molecule has 3 amide bonds. The van der Waals surface area contributed by atoms with Crippen LogP contribution in [0.15, 0.2) is 81.5 Å². The zero-order chi connectivity index (χ0) is 39.2. The summed E-state index contributed by atoms with van der Waals surface area (Å²) >= 11 is 0. The fourth-order valence-corrected chi connectivity index (χ4v) is 5.56. The molecule has 0 aliphatic carbocycles. The van der Waals surface area contributed by atoms with E-state index in [0.29, 0.717) is 0 Å². The van der Waals surface area contributed by atoms with E-state index in [-0.39, 0.29) is 49.8 Å². The van der Waals surface area contributed by atoms with Gasteiger partial charge in [-0.2, -0.15) is 4.98 Å². The lowest BCUT2D eigenvalue weighted by molar-refractivity contribution is -0.150. The molecule has 286 valence electrons. The van der Waals surface area contributed by atoms with Crippen molar-refractivity contribution in [2.75, 3.05) is 25.0 Å². The Balaban J connectivity index is 1.69. The van der Waals surface area contributed by atoms with Crippen molar-refractivity contribution in [3.05, 3.63) is 88.5 Å². The second-order valence-electron chi connectivity index (χ2n) is 12.6. The Bertz CT molecular complexity index is 1930. The SMILES string of the molecule is Cc1ccc(S(=O)(=O)NC(N)=NCCC[C@H](C(=O)O)N(CCNC(=O)OC(C)(C)C)C(=O)Cn2ccc(NC(=O)OCc3ccccc3)nc2=O)cc1. The van der Waals surface area contributed by atoms with Gasteiger partial charge in [-0.05, 0) is 64.3 Å². The maximum absolute atomic E-state index is 13.6. The van der Waals surface area contributed by atoms with Crippen molar-refractivity contribution < 1.29 is 42.2 Å². The van der Waals surface area contributed by atoms with E-state index in [4.69, 9.17) is 15.2 Å². The number of amides is 3. The van der Waals surface area contributed by atoms with Crippen LogP contribution in [0.25, 0.3) is 0 Å². The first kappa shape index (κ1) is 41.4. The normalized spacial score (nSPS) is 12.3. The zero-order valence-corrected chi connectivity index (χ0v) is 30.6. The minimum absolute atomic E-state index is 0.0197. The number of alkyl carbamates (subject to hydrolysis) is 1. The number of aromatic nitrogens is 2. The van der Waals surface area contributed by atoms with Crippen LogP contribution in [0.3, 0.4) is 0 Å². The predicted octanol–water partition coefficient (Wildman–Crippen LogP) is 2.18. The second kappa shape index (κ2) is 19.0. The highest BCUT2D eigenvalue weighted by Gasteiger charge is 2.30. The lowest BCUT2D eigenvalue weighted by atomic mass is 10.1. The Morgan fingerprint density at radius 1 is 1.04 bits per heavy atom. The van der Waals surface area contributed by atoms with Crippen LogP contribution in [0, 0.1) is 6.92 Å². The van der Waals surface area contributed by atoms with Crippen LogP contribution in [0.5, 0.6) is 0 Å². The third kappa shape index (κ3) is 14.3. The summed E-state index contributed by atoms with van der Waals surface area (Å²) < 4.78 is 38.6. The number of nitrogens with one attached hydrogen (secondary N) is 3. The van der Waals surface area contributed by atoms with E-state index in [1.54, 1.807) is 64.1 Å². The first-order chi connectivity index (χ1) is 24.9. The summed E-state index contributed by atoms with van der Waals surface area (Å²) in [5.41, 5.74) is 5.66. The largest absolute Gasteiger partial charge is 0.480 e. The number of aryl methyl sites for hydroxylation is 1. The van der Waals surface area contributed by atoms with E-state index in [2.05, 4.69) is 25.3 Å². The van der Waals surface area contributed by atoms with Gasteiger partial charge in [0.15, 0.2) is 0 Å². The van der Waals surface area contributed by atoms with Gasteiger partial charge >= 0.3 is 23.8 Å². The Kier molecular flexibility index (Phi) is 14.9. The van der Waals surface area contributed by atoms with Gasteiger partial charge in [-0.3, -0.25) is 19.7 Å². The number of sulfonamides is 1. The molecule has 0 spiro atoms. The summed E-state index contributed by atoms with van der Waals surface area (Å²) in [6.07, 6.45) is -0.564. The third-order valence-corrected chi connectivity index (χ3v) is 8.48. The number of benzene rings is 2. The zero-order valence-electron chi connectivity index (χ0n) is 29.8. The number of carboxylic acid groups (broad SMARTS) is 1. The lowest BCUT2D eigenvalue weighted by Gasteiger charge is -2.29. The van der Waals surface area contributed by atoms with E-state index in [1.165, 1.54) is 24.4 Å². The number of ether oxygens (including phenoxy) is 2. The van der Waals surface area contributed by atoms with Crippen molar-refractivity contribution in [1.29, 1.82) is 0 Å². The number of nitrogens with zero attached hydrogens (tertiary/aromatic N) is 4. The molecule has 53 heavy (non-hydrogen) atoms. The van der Waals surface area contributed by atoms with Gasteiger partial charge in [0.05, 0.1) is 4.90 Å². The Morgan fingerprint density at radius 3 is 2.34 bits per heavy atom. The molecule has 0 aliphatic rings. The molecule has 0 aliphatic heterocycles. The number of rotatable bonds is 16. The third-order valence-electron chi connectivity index (χ3n) is 7.11. The molecule has 1 heterocycles. The number of aliphatic imine (C=N–C) groups is 1. The second-order valence-corrected chi connectivity index (χ2v) is 14.3. The van der Waals surface area contributed by atoms with Gasteiger partial charge in [0.1, 0.15) is 30.6 Å². The standard InChI is InChI=1S/C34H44N8O10S/c1-23-12-14-25(15-13-23)53(49,50)40-30(35)36-17-8-11-26(29(44)45)42(20-18-37-32(47)52-34(2,3)4)28(43)21-41-19-16-27(38-31(41)46)39-33(48)51-22-24-9-6-5-7-10-24/h5-7,9-10,12-16,19,26H,8,11,17-18,20-22H2,1-4H3,(H,37,47)(H,44,45)(H3,35,36,40)(H,38,39,46,48)/t26-/m1/s1. The number of anilines is 1. The highest BCUT2D eigenvalue weighted by atomic mass is 32.2. The van der Waals surface area contributed by atoms with Crippen molar-refractivity contribution in [3.63, 3.8) is 0 Å². The molecule has 1 aromatic heterocycles. The lowest BCUT2D eigenvalue weighted by Crippen LogP contribution is -2.50. The first-order valence-corrected chi connectivity index (χ1v) is 17.9. The summed E-state index contributed by atoms with van der Waals surface area (Å²) in [7, 11) is -4.01. The van der Waals surface area contributed by atoms with Gasteiger partial charge in [-0.15, -0.1) is 0 Å². The number of guanidine groups is 1. The van der Waals surface area contributed by atoms with Crippen molar-refractivity contribution in [2.24, 2.45) is 10.7 Å². The number of carboxylic acids is 1. The summed E-state index contributed by atoms with van der Waals surface area (Å²) in [6.45, 7) is 5.54. The molecule has 6 N–H and O–H groups in total. The van der Waals surface area contributed by atoms with Gasteiger partial charge in [0.2, 0.25) is 11.9 Å². The molecule has 19 heteroatoms. The van der Waals surface area contributed by atoms with E-state index < -0.39 is 63.9 Å². The highest BCUT2D eigenvalue weighted by molar-refractivity contribution is 7.90. The highest BCUT2D eigenvalue weighted by Crippen LogP contribution is 2.12. The van der Waals surface area contributed by atoms with E-state index in [0.717, 1.165) is 20.6 Å². The van der Waals surface area contributed by atoms with Crippen molar-refractivity contribution in [2.45, 2.75) is 70.2 Å². The molecule has 18 nitrogen and oxygen atoms in total. The minimum Gasteiger partial charge on any atom is -0.480 e. The molecule has 0 saturated heterocycles. The monoisotopic (exact) mass is 756 g/mol. The first-order valence-electron chi connectivity index (χ1n) is 16.4. The topological polar surface area (TPSA) is 254 Å². The molecule has 0 bridgehead atoms. The van der Waals surface area contributed by atoms with Gasteiger partial charge < -0.3 is 30.5 Å². The molecule has 0 saturated carbocycles. The average Bonchev–Trinajstić information content (AvgIpc) is 3.07. The van der Waals surface area contributed by atoms with Crippen LogP contribution in [-0.2, 0) is 42.2 Å². The summed E-state index contributed by atoms with van der Waals surface area (Å²) in [6, 6.07) is 14.8. The Hall–Kier alpha value is -5.98. The molecule has 0 fully saturated rings. The summed E-state index contributed by atoms with van der Waals surface area (Å²) in [4.78, 5) is 72.0. The van der Waals surface area contributed by atoms with Crippen LogP contribution in [0.1, 0.15) is 44.7 Å². The number of hydrogen-bond donors (Lipinski definition) is 5. The Labute approximate surface area is 306 Å². The van der Waals surface area contributed by atoms with Crippen LogP contribution in [0.2, 0.25) is 0 Å². The van der Waals surface area contributed by atoms with E-state index in [1.807, 2.05) is 6.07 Å².